The summed E-state index contributed by atoms with van der Waals surface area (Å²) in [6.07, 6.45) is 1.40. The minimum absolute atomic E-state index is 0.287. The van der Waals surface area contributed by atoms with Gasteiger partial charge in [0.05, 0.1) is 13.2 Å². The maximum absolute atomic E-state index is 6.11. The Labute approximate surface area is 117 Å². The summed E-state index contributed by atoms with van der Waals surface area (Å²) in [5, 5.41) is 4.40. The summed E-state index contributed by atoms with van der Waals surface area (Å²) in [5.74, 6) is 1.64. The highest BCUT2D eigenvalue weighted by molar-refractivity contribution is 6.31. The van der Waals surface area contributed by atoms with E-state index in [1.165, 1.54) is 0 Å². The average Bonchev–Trinajstić information content (AvgIpc) is 3.08. The number of fused-ring (bicyclic) bond motifs is 3. The van der Waals surface area contributed by atoms with Gasteiger partial charge in [0.25, 0.3) is 0 Å². The lowest BCUT2D eigenvalue weighted by atomic mass is 9.99. The van der Waals surface area contributed by atoms with Gasteiger partial charge in [-0.15, -0.1) is 0 Å². The lowest BCUT2D eigenvalue weighted by Crippen LogP contribution is -2.51. The van der Waals surface area contributed by atoms with Crippen molar-refractivity contribution < 1.29 is 4.74 Å². The quantitative estimate of drug-likeness (QED) is 0.855. The maximum Gasteiger partial charge on any atom is 0.134 e. The molecule has 4 nitrogen and oxygen atoms in total. The fraction of sp³-hybridized carbons (Fsp3) is 0.500. The van der Waals surface area contributed by atoms with Gasteiger partial charge < -0.3 is 15.0 Å². The highest BCUT2D eigenvalue weighted by Gasteiger charge is 2.38. The van der Waals surface area contributed by atoms with Crippen LogP contribution in [0.25, 0.3) is 0 Å². The molecule has 19 heavy (non-hydrogen) atoms. The highest BCUT2D eigenvalue weighted by atomic mass is 35.5. The number of amidine groups is 1. The molecule has 0 amide bonds. The van der Waals surface area contributed by atoms with Gasteiger partial charge in [-0.3, -0.25) is 4.99 Å². The van der Waals surface area contributed by atoms with E-state index in [2.05, 4.69) is 21.3 Å². The summed E-state index contributed by atoms with van der Waals surface area (Å²) in [4.78, 5) is 7.05. The van der Waals surface area contributed by atoms with Crippen LogP contribution in [0.5, 0.6) is 0 Å². The predicted molar refractivity (Wildman–Crippen MR) is 75.9 cm³/mol. The van der Waals surface area contributed by atoms with Gasteiger partial charge in [-0.2, -0.15) is 0 Å². The third kappa shape index (κ3) is 1.82. The third-order valence-electron chi connectivity index (χ3n) is 4.15. The van der Waals surface area contributed by atoms with Crippen LogP contribution in [0.4, 0.5) is 5.69 Å². The van der Waals surface area contributed by atoms with Crippen LogP contribution in [0.15, 0.2) is 23.2 Å². The largest absolute Gasteiger partial charge is 0.381 e. The molecule has 0 bridgehead atoms. The molecule has 0 spiro atoms. The van der Waals surface area contributed by atoms with E-state index in [-0.39, 0.29) is 6.17 Å². The Morgan fingerprint density at radius 1 is 1.42 bits per heavy atom. The first-order valence-electron chi connectivity index (χ1n) is 6.78. The molecular formula is C14H16ClN3O. The molecule has 3 heterocycles. The summed E-state index contributed by atoms with van der Waals surface area (Å²) in [6, 6.07) is 5.99. The molecule has 1 aromatic carbocycles. The van der Waals surface area contributed by atoms with Gasteiger partial charge in [0.2, 0.25) is 0 Å². The Kier molecular flexibility index (Phi) is 2.67. The number of nitrogens with zero attached hydrogens (tertiary/aromatic N) is 2. The Morgan fingerprint density at radius 3 is 3.21 bits per heavy atom. The van der Waals surface area contributed by atoms with E-state index in [9.17, 15) is 0 Å². The molecule has 2 atom stereocenters. The molecule has 1 fully saturated rings. The fourth-order valence-corrected chi connectivity index (χ4v) is 3.39. The Bertz CT molecular complexity index is 539. The molecule has 0 saturated carbocycles. The number of benzene rings is 1. The molecular weight excluding hydrogens is 262 g/mol. The number of rotatable bonds is 1. The minimum atomic E-state index is 0.287. The molecule has 0 aliphatic carbocycles. The molecule has 0 unspecified atom stereocenters. The SMILES string of the molecule is Clc1ccc2c(c1)N[C@@H]([C@H]1CCOC1)N1CCN=C21. The van der Waals surface area contributed by atoms with E-state index in [1.54, 1.807) is 0 Å². The molecule has 4 rings (SSSR count). The van der Waals surface area contributed by atoms with Gasteiger partial charge in [0.1, 0.15) is 12.0 Å². The van der Waals surface area contributed by atoms with Crippen molar-refractivity contribution in [2.24, 2.45) is 10.9 Å². The van der Waals surface area contributed by atoms with Crippen molar-refractivity contribution in [3.63, 3.8) is 0 Å². The van der Waals surface area contributed by atoms with Crippen LogP contribution in [-0.2, 0) is 4.74 Å². The van der Waals surface area contributed by atoms with Crippen molar-refractivity contribution in [1.82, 2.24) is 4.90 Å². The van der Waals surface area contributed by atoms with E-state index in [1.807, 2.05) is 12.1 Å². The van der Waals surface area contributed by atoms with Crippen molar-refractivity contribution in [1.29, 1.82) is 0 Å². The van der Waals surface area contributed by atoms with Gasteiger partial charge in [-0.25, -0.2) is 0 Å². The van der Waals surface area contributed by atoms with Crippen molar-refractivity contribution in [3.05, 3.63) is 28.8 Å². The number of ether oxygens (including phenoxy) is 1. The standard InChI is InChI=1S/C14H16ClN3O/c15-10-1-2-11-12(7-10)17-13(9-3-6-19-8-9)18-5-4-16-14(11)18/h1-2,7,9,13,17H,3-6,8H2/t9-,13+/m0/s1. The second-order valence-corrected chi connectivity index (χ2v) is 5.74. The Hall–Kier alpha value is -1.26. The van der Waals surface area contributed by atoms with Gasteiger partial charge >= 0.3 is 0 Å². The maximum atomic E-state index is 6.11. The molecule has 3 aliphatic rings. The second-order valence-electron chi connectivity index (χ2n) is 5.30. The van der Waals surface area contributed by atoms with E-state index in [0.29, 0.717) is 5.92 Å². The van der Waals surface area contributed by atoms with Crippen LogP contribution >= 0.6 is 11.6 Å². The summed E-state index contributed by atoms with van der Waals surface area (Å²) in [5.41, 5.74) is 2.26. The molecule has 1 N–H and O–H groups in total. The lowest BCUT2D eigenvalue weighted by molar-refractivity contribution is 0.166. The number of hydrogen-bond donors (Lipinski definition) is 1. The van der Waals surface area contributed by atoms with Crippen molar-refractivity contribution in [3.8, 4) is 0 Å². The topological polar surface area (TPSA) is 36.9 Å². The monoisotopic (exact) mass is 277 g/mol. The summed E-state index contributed by atoms with van der Waals surface area (Å²) in [6.45, 7) is 3.57. The van der Waals surface area contributed by atoms with Crippen molar-refractivity contribution >= 4 is 23.1 Å². The molecule has 1 saturated heterocycles. The molecule has 3 aliphatic heterocycles. The van der Waals surface area contributed by atoms with Gasteiger partial charge in [-0.1, -0.05) is 11.6 Å². The molecule has 0 radical (unpaired) electrons. The minimum Gasteiger partial charge on any atom is -0.381 e. The fourth-order valence-electron chi connectivity index (χ4n) is 3.21. The first-order valence-corrected chi connectivity index (χ1v) is 7.16. The number of hydrogen-bond acceptors (Lipinski definition) is 4. The summed E-state index contributed by atoms with van der Waals surface area (Å²) >= 11 is 6.11. The average molecular weight is 278 g/mol. The van der Waals surface area contributed by atoms with Crippen LogP contribution in [-0.4, -0.2) is 43.2 Å². The van der Waals surface area contributed by atoms with Gasteiger partial charge in [0.15, 0.2) is 0 Å². The predicted octanol–water partition coefficient (Wildman–Crippen LogP) is 2.19. The molecule has 1 aromatic rings. The van der Waals surface area contributed by atoms with E-state index >= 15 is 0 Å². The van der Waals surface area contributed by atoms with Crippen LogP contribution < -0.4 is 5.32 Å². The number of aliphatic imine (C=N–C) groups is 1. The number of nitrogens with one attached hydrogen (secondary N) is 1. The third-order valence-corrected chi connectivity index (χ3v) is 4.38. The lowest BCUT2D eigenvalue weighted by Gasteiger charge is -2.40. The van der Waals surface area contributed by atoms with Gasteiger partial charge in [0, 0.05) is 35.3 Å². The normalized spacial score (nSPS) is 28.7. The molecule has 5 heteroatoms. The second kappa shape index (κ2) is 4.39. The first kappa shape index (κ1) is 11.6. The summed E-state index contributed by atoms with van der Waals surface area (Å²) < 4.78 is 5.54. The zero-order chi connectivity index (χ0) is 12.8. The number of anilines is 1. The molecule has 100 valence electrons. The molecule has 0 aromatic heterocycles. The van der Waals surface area contributed by atoms with Crippen molar-refractivity contribution in [2.75, 3.05) is 31.6 Å². The van der Waals surface area contributed by atoms with Crippen LogP contribution in [0.3, 0.4) is 0 Å². The van der Waals surface area contributed by atoms with Crippen molar-refractivity contribution in [2.45, 2.75) is 12.6 Å². The Morgan fingerprint density at radius 2 is 2.37 bits per heavy atom. The highest BCUT2D eigenvalue weighted by Crippen LogP contribution is 2.34. The zero-order valence-electron chi connectivity index (χ0n) is 10.6. The van der Waals surface area contributed by atoms with Crippen LogP contribution in [0, 0.1) is 5.92 Å². The van der Waals surface area contributed by atoms with E-state index < -0.39 is 0 Å². The summed E-state index contributed by atoms with van der Waals surface area (Å²) in [7, 11) is 0. The van der Waals surface area contributed by atoms with Crippen LogP contribution in [0.1, 0.15) is 12.0 Å². The van der Waals surface area contributed by atoms with Gasteiger partial charge in [-0.05, 0) is 24.6 Å². The Balaban J connectivity index is 1.75. The van der Waals surface area contributed by atoms with E-state index in [4.69, 9.17) is 16.3 Å². The van der Waals surface area contributed by atoms with Crippen LogP contribution in [0.2, 0.25) is 5.02 Å². The first-order chi connectivity index (χ1) is 9.33. The number of halogens is 1. The smallest absolute Gasteiger partial charge is 0.134 e. The zero-order valence-corrected chi connectivity index (χ0v) is 11.4. The van der Waals surface area contributed by atoms with E-state index in [0.717, 1.165) is 54.8 Å².